The summed E-state index contributed by atoms with van der Waals surface area (Å²) in [5, 5.41) is 3.35. The lowest BCUT2D eigenvalue weighted by atomic mass is 10.1. The van der Waals surface area contributed by atoms with Crippen LogP contribution in [0.25, 0.3) is 0 Å². The molecule has 0 spiro atoms. The van der Waals surface area contributed by atoms with Gasteiger partial charge in [0, 0.05) is 43.9 Å². The van der Waals surface area contributed by atoms with Crippen LogP contribution in [0, 0.1) is 0 Å². The summed E-state index contributed by atoms with van der Waals surface area (Å²) in [7, 11) is 3.15. The van der Waals surface area contributed by atoms with Crippen LogP contribution < -0.4 is 14.8 Å². The molecule has 2 aliphatic rings. The van der Waals surface area contributed by atoms with Gasteiger partial charge in [0.15, 0.2) is 0 Å². The number of hydrogen-bond donors (Lipinski definition) is 1. The van der Waals surface area contributed by atoms with Crippen LogP contribution in [0.4, 0.5) is 0 Å². The lowest BCUT2D eigenvalue weighted by Gasteiger charge is -2.29. The quantitative estimate of drug-likeness (QED) is 0.414. The number of likely N-dealkylation sites (tertiary alicyclic amines) is 1. The Labute approximate surface area is 253 Å². The Balaban J connectivity index is 1.46. The normalized spacial score (nSPS) is 18.6. The molecule has 3 amide bonds. The number of nitrogens with one attached hydrogen (secondary N) is 1. The van der Waals surface area contributed by atoms with Crippen molar-refractivity contribution < 1.29 is 23.9 Å². The first-order chi connectivity index (χ1) is 21.0. The van der Waals surface area contributed by atoms with E-state index in [1.165, 1.54) is 0 Å². The number of ether oxygens (including phenoxy) is 2. The second-order valence-corrected chi connectivity index (χ2v) is 11.0. The molecular formula is C34H40N4O5. The Kier molecular flexibility index (Phi) is 9.94. The standard InChI is InChI=1S/C34H40N4O5/c1-42-29-14-12-26(13-15-29)32(39)37(20-16-25-8-4-3-5-9-25)28-23-31(34(41)36-19-7-17-35-18-21-36)38(24-28)33(40)27-10-6-11-30(22-27)43-2/h3-6,8-15,22,28,31,35H,7,16-21,23-24H2,1-2H3. The fourth-order valence-corrected chi connectivity index (χ4v) is 5.94. The third-order valence-electron chi connectivity index (χ3n) is 8.32. The maximum atomic E-state index is 14.1. The van der Waals surface area contributed by atoms with Crippen LogP contribution >= 0.6 is 0 Å². The third-order valence-corrected chi connectivity index (χ3v) is 8.32. The van der Waals surface area contributed by atoms with E-state index in [4.69, 9.17) is 9.47 Å². The van der Waals surface area contributed by atoms with E-state index >= 15 is 0 Å². The molecule has 2 atom stereocenters. The molecule has 3 aromatic rings. The molecule has 9 nitrogen and oxygen atoms in total. The summed E-state index contributed by atoms with van der Waals surface area (Å²) in [4.78, 5) is 47.5. The first-order valence-corrected chi connectivity index (χ1v) is 14.9. The zero-order valence-corrected chi connectivity index (χ0v) is 24.9. The number of carbonyl (C=O) groups excluding carboxylic acids is 3. The molecule has 2 aliphatic heterocycles. The van der Waals surface area contributed by atoms with Crippen LogP contribution in [-0.4, -0.2) is 98.0 Å². The minimum atomic E-state index is -0.676. The van der Waals surface area contributed by atoms with Crippen molar-refractivity contribution in [1.82, 2.24) is 20.0 Å². The van der Waals surface area contributed by atoms with Crippen molar-refractivity contribution in [2.24, 2.45) is 0 Å². The van der Waals surface area contributed by atoms with Gasteiger partial charge in [0.2, 0.25) is 5.91 Å². The molecule has 3 aromatic carbocycles. The van der Waals surface area contributed by atoms with Crippen LogP contribution in [0.3, 0.4) is 0 Å². The number of hydrogen-bond acceptors (Lipinski definition) is 6. The predicted octanol–water partition coefficient (Wildman–Crippen LogP) is 3.49. The molecule has 0 aliphatic carbocycles. The Morgan fingerprint density at radius 1 is 0.860 bits per heavy atom. The summed E-state index contributed by atoms with van der Waals surface area (Å²) >= 11 is 0. The average molecular weight is 585 g/mol. The molecule has 0 saturated carbocycles. The number of nitrogens with zero attached hydrogens (tertiary/aromatic N) is 3. The monoisotopic (exact) mass is 584 g/mol. The highest BCUT2D eigenvalue weighted by atomic mass is 16.5. The predicted molar refractivity (Wildman–Crippen MR) is 164 cm³/mol. The maximum Gasteiger partial charge on any atom is 0.254 e. The number of amides is 3. The van der Waals surface area contributed by atoms with Crippen molar-refractivity contribution in [2.45, 2.75) is 31.3 Å². The van der Waals surface area contributed by atoms with E-state index in [-0.39, 0.29) is 30.3 Å². The zero-order chi connectivity index (χ0) is 30.2. The highest BCUT2D eigenvalue weighted by molar-refractivity contribution is 5.99. The second kappa shape index (κ2) is 14.2. The van der Waals surface area contributed by atoms with E-state index in [1.54, 1.807) is 67.7 Å². The van der Waals surface area contributed by atoms with Crippen LogP contribution in [-0.2, 0) is 11.2 Å². The molecule has 5 rings (SSSR count). The minimum Gasteiger partial charge on any atom is -0.497 e. The van der Waals surface area contributed by atoms with Gasteiger partial charge in [0.1, 0.15) is 17.5 Å². The van der Waals surface area contributed by atoms with E-state index in [0.717, 1.165) is 18.5 Å². The molecule has 2 fully saturated rings. The van der Waals surface area contributed by atoms with Gasteiger partial charge in [-0.15, -0.1) is 0 Å². The van der Waals surface area contributed by atoms with Gasteiger partial charge in [-0.25, -0.2) is 0 Å². The smallest absolute Gasteiger partial charge is 0.254 e. The number of methoxy groups -OCH3 is 2. The lowest BCUT2D eigenvalue weighted by molar-refractivity contribution is -0.135. The van der Waals surface area contributed by atoms with Crippen molar-refractivity contribution >= 4 is 17.7 Å². The van der Waals surface area contributed by atoms with Gasteiger partial charge in [0.25, 0.3) is 11.8 Å². The first kappa shape index (κ1) is 30.1. The first-order valence-electron chi connectivity index (χ1n) is 14.9. The molecule has 0 aromatic heterocycles. The molecule has 2 unspecified atom stereocenters. The van der Waals surface area contributed by atoms with Gasteiger partial charge in [0.05, 0.1) is 20.3 Å². The summed E-state index contributed by atoms with van der Waals surface area (Å²) in [5.41, 5.74) is 2.10. The third kappa shape index (κ3) is 7.17. The lowest BCUT2D eigenvalue weighted by Crippen LogP contribution is -2.48. The van der Waals surface area contributed by atoms with Crippen LogP contribution in [0.5, 0.6) is 11.5 Å². The summed E-state index contributed by atoms with van der Waals surface area (Å²) in [5.74, 6) is 0.794. The van der Waals surface area contributed by atoms with E-state index in [2.05, 4.69) is 5.32 Å². The van der Waals surface area contributed by atoms with Gasteiger partial charge in [-0.1, -0.05) is 36.4 Å². The molecule has 1 N–H and O–H groups in total. The molecule has 226 valence electrons. The summed E-state index contributed by atoms with van der Waals surface area (Å²) in [6.45, 7) is 3.50. The number of rotatable bonds is 9. The average Bonchev–Trinajstić information content (AvgIpc) is 3.31. The van der Waals surface area contributed by atoms with E-state index < -0.39 is 6.04 Å². The fourth-order valence-electron chi connectivity index (χ4n) is 5.94. The zero-order valence-electron chi connectivity index (χ0n) is 24.9. The van der Waals surface area contributed by atoms with Crippen molar-refractivity contribution in [2.75, 3.05) is 53.5 Å². The van der Waals surface area contributed by atoms with Gasteiger partial charge in [-0.3, -0.25) is 14.4 Å². The fraction of sp³-hybridized carbons (Fsp3) is 0.382. The molecular weight excluding hydrogens is 544 g/mol. The minimum absolute atomic E-state index is 0.0673. The molecule has 0 radical (unpaired) electrons. The summed E-state index contributed by atoms with van der Waals surface area (Å²) in [6, 6.07) is 23.1. The highest BCUT2D eigenvalue weighted by Gasteiger charge is 2.44. The van der Waals surface area contributed by atoms with E-state index in [0.29, 0.717) is 61.6 Å². The van der Waals surface area contributed by atoms with Crippen molar-refractivity contribution in [3.05, 3.63) is 95.6 Å². The van der Waals surface area contributed by atoms with Crippen molar-refractivity contribution in [3.8, 4) is 11.5 Å². The highest BCUT2D eigenvalue weighted by Crippen LogP contribution is 2.29. The van der Waals surface area contributed by atoms with Gasteiger partial charge < -0.3 is 29.5 Å². The summed E-state index contributed by atoms with van der Waals surface area (Å²) in [6.07, 6.45) is 1.87. The van der Waals surface area contributed by atoms with Crippen LogP contribution in [0.1, 0.15) is 39.1 Å². The van der Waals surface area contributed by atoms with E-state index in [9.17, 15) is 14.4 Å². The summed E-state index contributed by atoms with van der Waals surface area (Å²) < 4.78 is 10.7. The Morgan fingerprint density at radius 3 is 2.37 bits per heavy atom. The Bertz CT molecular complexity index is 1390. The van der Waals surface area contributed by atoms with Gasteiger partial charge >= 0.3 is 0 Å². The molecule has 9 heteroatoms. The topological polar surface area (TPSA) is 91.4 Å². The number of benzene rings is 3. The molecule has 2 heterocycles. The second-order valence-electron chi connectivity index (χ2n) is 11.0. The van der Waals surface area contributed by atoms with Crippen LogP contribution in [0.2, 0.25) is 0 Å². The number of carbonyl (C=O) groups is 3. The molecule has 2 saturated heterocycles. The van der Waals surface area contributed by atoms with Gasteiger partial charge in [-0.05, 0) is 73.8 Å². The van der Waals surface area contributed by atoms with Gasteiger partial charge in [-0.2, -0.15) is 0 Å². The Hall–Kier alpha value is -4.37. The van der Waals surface area contributed by atoms with Crippen molar-refractivity contribution in [3.63, 3.8) is 0 Å². The maximum absolute atomic E-state index is 14.1. The Morgan fingerprint density at radius 2 is 1.63 bits per heavy atom. The van der Waals surface area contributed by atoms with E-state index in [1.807, 2.05) is 40.1 Å². The molecule has 43 heavy (non-hydrogen) atoms. The van der Waals surface area contributed by atoms with Crippen LogP contribution in [0.15, 0.2) is 78.9 Å². The largest absolute Gasteiger partial charge is 0.497 e. The SMILES string of the molecule is COc1ccc(C(=O)N(CCc2ccccc2)C2CC(C(=O)N3CCCNCC3)N(C(=O)c3cccc(OC)c3)C2)cc1. The van der Waals surface area contributed by atoms with Crippen molar-refractivity contribution in [1.29, 1.82) is 0 Å². The molecule has 0 bridgehead atoms.